The smallest absolute Gasteiger partial charge is 0.0953 e. The molecule has 0 aliphatic heterocycles. The summed E-state index contributed by atoms with van der Waals surface area (Å²) in [6.45, 7) is 23.2. The summed E-state index contributed by atoms with van der Waals surface area (Å²) < 4.78 is 0. The highest BCUT2D eigenvalue weighted by atomic mass is 14.9. The molecule has 35 heavy (non-hydrogen) atoms. The molecular weight excluding hydrogens is 430 g/mol. The van der Waals surface area contributed by atoms with Crippen molar-refractivity contribution in [2.45, 2.75) is 47.5 Å². The van der Waals surface area contributed by atoms with E-state index in [4.69, 9.17) is 10.7 Å². The first-order valence-electron chi connectivity index (χ1n) is 11.9. The van der Waals surface area contributed by atoms with Crippen molar-refractivity contribution in [3.63, 3.8) is 0 Å². The van der Waals surface area contributed by atoms with E-state index < -0.39 is 0 Å². The van der Waals surface area contributed by atoms with Gasteiger partial charge in [-0.25, -0.2) is 4.98 Å². The molecular formula is C30H37N5. The van der Waals surface area contributed by atoms with Gasteiger partial charge >= 0.3 is 0 Å². The number of H-pyrrole nitrogens is 1. The molecule has 0 aliphatic carbocycles. The van der Waals surface area contributed by atoms with Gasteiger partial charge in [0, 0.05) is 28.6 Å². The lowest BCUT2D eigenvalue weighted by atomic mass is 9.91. The maximum atomic E-state index is 6.38. The largest absolute Gasteiger partial charge is 0.397 e. The number of anilines is 1. The predicted molar refractivity (Wildman–Crippen MR) is 151 cm³/mol. The number of rotatable bonds is 9. The summed E-state index contributed by atoms with van der Waals surface area (Å²) in [5, 5.41) is 4.53. The number of nitrogens with one attached hydrogen (secondary N) is 2. The highest BCUT2D eigenvalue weighted by Gasteiger charge is 2.18. The minimum atomic E-state index is 0.142. The van der Waals surface area contributed by atoms with Crippen molar-refractivity contribution in [3.8, 4) is 0 Å². The van der Waals surface area contributed by atoms with E-state index in [9.17, 15) is 0 Å². The number of hydrogen-bond donors (Lipinski definition) is 3. The van der Waals surface area contributed by atoms with E-state index in [1.54, 1.807) is 12.3 Å². The van der Waals surface area contributed by atoms with Crippen LogP contribution in [0.5, 0.6) is 0 Å². The highest BCUT2D eigenvalue weighted by Crippen LogP contribution is 2.32. The monoisotopic (exact) mass is 467 g/mol. The first-order chi connectivity index (χ1) is 16.6. The molecule has 0 bridgehead atoms. The normalized spacial score (nSPS) is 12.6. The molecule has 3 aromatic rings. The van der Waals surface area contributed by atoms with Crippen LogP contribution in [0.4, 0.5) is 5.69 Å². The lowest BCUT2D eigenvalue weighted by molar-refractivity contribution is 0.403. The number of nitrogen functional groups attached to an aromatic ring is 1. The van der Waals surface area contributed by atoms with Crippen LogP contribution in [0.3, 0.4) is 0 Å². The van der Waals surface area contributed by atoms with Crippen LogP contribution in [0.1, 0.15) is 63.7 Å². The summed E-state index contributed by atoms with van der Waals surface area (Å²) in [4.78, 5) is 12.6. The van der Waals surface area contributed by atoms with E-state index in [0.29, 0.717) is 11.4 Å². The first kappa shape index (κ1) is 25.8. The minimum Gasteiger partial charge on any atom is -0.397 e. The van der Waals surface area contributed by atoms with Gasteiger partial charge in [0.1, 0.15) is 0 Å². The molecule has 4 N–H and O–H groups in total. The number of nitrogens with zero attached hydrogens (tertiary/aromatic N) is 2. The molecule has 0 unspecified atom stereocenters. The Morgan fingerprint density at radius 3 is 2.57 bits per heavy atom. The predicted octanol–water partition coefficient (Wildman–Crippen LogP) is 7.18. The third-order valence-corrected chi connectivity index (χ3v) is 5.78. The number of nitrogens with two attached hydrogens (primary N) is 1. The lowest BCUT2D eigenvalue weighted by Crippen LogP contribution is -2.16. The van der Waals surface area contributed by atoms with Crippen molar-refractivity contribution in [2.24, 2.45) is 5.41 Å². The molecule has 0 spiro atoms. The Hall–Kier alpha value is -3.86. The number of aryl methyl sites for hydroxylation is 1. The molecule has 0 radical (unpaired) electrons. The molecule has 5 nitrogen and oxygen atoms in total. The highest BCUT2D eigenvalue weighted by molar-refractivity contribution is 5.93. The molecule has 0 atom stereocenters. The molecule has 3 rings (SSSR count). The number of allylic oxidation sites excluding steroid dienone is 5. The van der Waals surface area contributed by atoms with Gasteiger partial charge < -0.3 is 16.0 Å². The Morgan fingerprint density at radius 1 is 1.20 bits per heavy atom. The van der Waals surface area contributed by atoms with Crippen molar-refractivity contribution < 1.29 is 0 Å². The van der Waals surface area contributed by atoms with Crippen molar-refractivity contribution in [3.05, 3.63) is 103 Å². The maximum absolute atomic E-state index is 6.38. The topological polar surface area (TPSA) is 79.6 Å². The maximum Gasteiger partial charge on any atom is 0.0953 e. The van der Waals surface area contributed by atoms with Crippen molar-refractivity contribution in [1.29, 1.82) is 0 Å². The summed E-state index contributed by atoms with van der Waals surface area (Å²) in [6, 6.07) is 5.84. The fourth-order valence-corrected chi connectivity index (χ4v) is 4.22. The molecule has 0 fully saturated rings. The van der Waals surface area contributed by atoms with Gasteiger partial charge in [0.25, 0.3) is 0 Å². The zero-order valence-electron chi connectivity index (χ0n) is 21.6. The van der Waals surface area contributed by atoms with E-state index in [1.165, 1.54) is 5.56 Å². The minimum absolute atomic E-state index is 0.142. The second kappa shape index (κ2) is 10.6. The summed E-state index contributed by atoms with van der Waals surface area (Å²) in [7, 11) is 0. The zero-order chi connectivity index (χ0) is 25.8. The van der Waals surface area contributed by atoms with Gasteiger partial charge in [-0.15, -0.1) is 0 Å². The molecule has 0 aliphatic rings. The van der Waals surface area contributed by atoms with Crippen LogP contribution in [0, 0.1) is 5.41 Å². The Balaban J connectivity index is 1.97. The Morgan fingerprint density at radius 2 is 1.94 bits per heavy atom. The molecule has 182 valence electrons. The third kappa shape index (κ3) is 5.99. The van der Waals surface area contributed by atoms with Crippen molar-refractivity contribution >= 4 is 27.7 Å². The molecule has 0 saturated carbocycles. The number of hydrogen-bond acceptors (Lipinski definition) is 4. The second-order valence-electron chi connectivity index (χ2n) is 9.88. The quantitative estimate of drug-likeness (QED) is 0.291. The summed E-state index contributed by atoms with van der Waals surface area (Å²) >= 11 is 0. The van der Waals surface area contributed by atoms with Crippen LogP contribution in [0.15, 0.2) is 80.0 Å². The Labute approximate surface area is 209 Å². The number of pyridine rings is 2. The first-order valence-corrected chi connectivity index (χ1v) is 11.9. The Kier molecular flexibility index (Phi) is 7.80. The lowest BCUT2D eigenvalue weighted by Gasteiger charge is -2.21. The van der Waals surface area contributed by atoms with Gasteiger partial charge in [-0.2, -0.15) is 0 Å². The van der Waals surface area contributed by atoms with Crippen LogP contribution < -0.4 is 11.1 Å². The van der Waals surface area contributed by atoms with Gasteiger partial charge in [-0.3, -0.25) is 4.98 Å². The van der Waals surface area contributed by atoms with Crippen LogP contribution in [-0.2, 0) is 6.42 Å². The molecule has 3 aromatic heterocycles. The van der Waals surface area contributed by atoms with E-state index in [2.05, 4.69) is 62.7 Å². The van der Waals surface area contributed by atoms with Gasteiger partial charge in [0.15, 0.2) is 0 Å². The fraction of sp³-hybridized carbons (Fsp3) is 0.267. The summed E-state index contributed by atoms with van der Waals surface area (Å²) in [5.74, 6) is 0. The van der Waals surface area contributed by atoms with E-state index in [-0.39, 0.29) is 5.41 Å². The van der Waals surface area contributed by atoms with Gasteiger partial charge in [0.05, 0.1) is 34.5 Å². The van der Waals surface area contributed by atoms with Crippen LogP contribution in [0.25, 0.3) is 22.0 Å². The van der Waals surface area contributed by atoms with E-state index in [1.807, 2.05) is 43.5 Å². The number of fused-ring (bicyclic) bond motifs is 1. The second-order valence-corrected chi connectivity index (χ2v) is 9.88. The van der Waals surface area contributed by atoms with Crippen LogP contribution in [0.2, 0.25) is 0 Å². The average molecular weight is 468 g/mol. The number of aromatic amines is 1. The number of aromatic nitrogens is 3. The standard InChI is InChI=1S/C30H37N5/c1-9-21(16-22(10-2)33-19(4)17-30(6,7)8)26-13-12-25(31)29(34-26)20(5)28-23(11-3)24-14-15-32-18-27(24)35-28/h9-10,12-16,18,33,35H,2,4-5,11,17,31H2,1,3,6-8H3/b21-9+,22-16+. The van der Waals surface area contributed by atoms with Crippen molar-refractivity contribution in [1.82, 2.24) is 20.3 Å². The molecule has 5 heteroatoms. The van der Waals surface area contributed by atoms with Gasteiger partial charge in [-0.1, -0.05) is 53.5 Å². The average Bonchev–Trinajstić information content (AvgIpc) is 3.19. The molecule has 3 heterocycles. The van der Waals surface area contributed by atoms with E-state index >= 15 is 0 Å². The van der Waals surface area contributed by atoms with Gasteiger partial charge in [-0.05, 0) is 66.7 Å². The van der Waals surface area contributed by atoms with Crippen molar-refractivity contribution in [2.75, 3.05) is 5.73 Å². The fourth-order valence-electron chi connectivity index (χ4n) is 4.22. The summed E-state index contributed by atoms with van der Waals surface area (Å²) in [6.07, 6.45) is 11.2. The molecule has 0 saturated heterocycles. The van der Waals surface area contributed by atoms with E-state index in [0.717, 1.165) is 57.7 Å². The third-order valence-electron chi connectivity index (χ3n) is 5.78. The summed E-state index contributed by atoms with van der Waals surface area (Å²) in [5.41, 5.74) is 15.2. The van der Waals surface area contributed by atoms with Crippen LogP contribution in [-0.4, -0.2) is 15.0 Å². The van der Waals surface area contributed by atoms with Crippen LogP contribution >= 0.6 is 0 Å². The van der Waals surface area contributed by atoms with Gasteiger partial charge in [0.2, 0.25) is 0 Å². The molecule has 0 aromatic carbocycles. The Bertz CT molecular complexity index is 1330. The molecule has 0 amide bonds. The SMILES string of the molecule is C=C/C(=C\C(=C/C)c1ccc(N)c(C(=C)c2[nH]c3cnccc3c2CC)n1)NC(=C)CC(C)(C)C. The zero-order valence-corrected chi connectivity index (χ0v) is 21.6.